The van der Waals surface area contributed by atoms with Gasteiger partial charge in [0.25, 0.3) is 0 Å². The lowest BCUT2D eigenvalue weighted by molar-refractivity contribution is 0.0658. The van der Waals surface area contributed by atoms with Crippen molar-refractivity contribution in [3.63, 3.8) is 0 Å². The molecule has 1 aromatic heterocycles. The molecule has 0 bridgehead atoms. The summed E-state index contributed by atoms with van der Waals surface area (Å²) in [4.78, 5) is 1.41. The molecule has 0 saturated carbocycles. The van der Waals surface area contributed by atoms with Crippen molar-refractivity contribution in [2.45, 2.75) is 32.2 Å². The maximum Gasteiger partial charge on any atom is 0.0700 e. The van der Waals surface area contributed by atoms with Crippen LogP contribution in [0, 0.1) is 0 Å². The molecule has 110 valence electrons. The Morgan fingerprint density at radius 3 is 2.84 bits per heavy atom. The van der Waals surface area contributed by atoms with Gasteiger partial charge in [-0.3, -0.25) is 0 Å². The Balaban J connectivity index is 2.32. The first-order chi connectivity index (χ1) is 9.27. The molecule has 1 aromatic rings. The van der Waals surface area contributed by atoms with E-state index in [9.17, 15) is 0 Å². The first-order valence-corrected chi connectivity index (χ1v) is 8.47. The summed E-state index contributed by atoms with van der Waals surface area (Å²) in [5.74, 6) is 0. The van der Waals surface area contributed by atoms with Crippen LogP contribution in [0.3, 0.4) is 0 Å². The van der Waals surface area contributed by atoms with E-state index in [0.29, 0.717) is 19.3 Å². The summed E-state index contributed by atoms with van der Waals surface area (Å²) in [5, 5.41) is 5.73. The van der Waals surface area contributed by atoms with Crippen molar-refractivity contribution in [1.29, 1.82) is 0 Å². The summed E-state index contributed by atoms with van der Waals surface area (Å²) < 4.78 is 11.8. The number of nitrogens with one attached hydrogen (secondary N) is 1. The van der Waals surface area contributed by atoms with Crippen LogP contribution >= 0.6 is 27.3 Å². The monoisotopic (exact) mass is 349 g/mol. The van der Waals surface area contributed by atoms with Gasteiger partial charge in [0.2, 0.25) is 0 Å². The summed E-state index contributed by atoms with van der Waals surface area (Å²) in [5.41, 5.74) is 0. The average Bonchev–Trinajstić information content (AvgIpc) is 2.81. The van der Waals surface area contributed by atoms with Gasteiger partial charge in [-0.2, -0.15) is 0 Å². The smallest absolute Gasteiger partial charge is 0.0700 e. The molecule has 1 N–H and O–H groups in total. The zero-order chi connectivity index (χ0) is 13.9. The zero-order valence-electron chi connectivity index (χ0n) is 11.8. The molecule has 1 atom stereocenters. The normalized spacial score (nSPS) is 12.8. The van der Waals surface area contributed by atoms with Gasteiger partial charge >= 0.3 is 0 Å². The molecule has 0 spiro atoms. The van der Waals surface area contributed by atoms with Crippen LogP contribution in [-0.4, -0.2) is 39.5 Å². The second-order valence-corrected chi connectivity index (χ2v) is 6.30. The topological polar surface area (TPSA) is 30.5 Å². The van der Waals surface area contributed by atoms with E-state index in [1.807, 2.05) is 11.3 Å². The molecule has 0 fully saturated rings. The van der Waals surface area contributed by atoms with Gasteiger partial charge in [-0.05, 0) is 53.2 Å². The van der Waals surface area contributed by atoms with Crippen molar-refractivity contribution in [1.82, 2.24) is 5.32 Å². The van der Waals surface area contributed by atoms with Crippen molar-refractivity contribution < 1.29 is 9.47 Å². The Morgan fingerprint density at radius 2 is 2.21 bits per heavy atom. The summed E-state index contributed by atoms with van der Waals surface area (Å²) in [7, 11) is 1.70. The molecule has 0 radical (unpaired) electrons. The molecule has 0 aliphatic rings. The Bertz CT molecular complexity index is 333. The fraction of sp³-hybridized carbons (Fsp3) is 0.714. The SMILES string of the molecule is CCCNC(CCOCCOC)Cc1sccc1Br. The number of hydrogen-bond donors (Lipinski definition) is 1. The highest BCUT2D eigenvalue weighted by Crippen LogP contribution is 2.24. The molecule has 0 amide bonds. The first-order valence-electron chi connectivity index (χ1n) is 6.79. The third kappa shape index (κ3) is 7.42. The zero-order valence-corrected chi connectivity index (χ0v) is 14.2. The van der Waals surface area contributed by atoms with E-state index in [1.165, 1.54) is 9.35 Å². The third-order valence-corrected chi connectivity index (χ3v) is 4.80. The third-order valence-electron chi connectivity index (χ3n) is 2.85. The minimum Gasteiger partial charge on any atom is -0.382 e. The van der Waals surface area contributed by atoms with Crippen LogP contribution in [0.1, 0.15) is 24.6 Å². The summed E-state index contributed by atoms with van der Waals surface area (Å²) in [6.07, 6.45) is 3.26. The predicted octanol–water partition coefficient (Wildman–Crippen LogP) is 3.47. The molecule has 1 heterocycles. The largest absolute Gasteiger partial charge is 0.382 e. The van der Waals surface area contributed by atoms with Gasteiger partial charge in [0, 0.05) is 29.1 Å². The van der Waals surface area contributed by atoms with Crippen LogP contribution < -0.4 is 5.32 Å². The minimum absolute atomic E-state index is 0.484. The highest BCUT2D eigenvalue weighted by atomic mass is 79.9. The van der Waals surface area contributed by atoms with Crippen LogP contribution in [0.2, 0.25) is 0 Å². The van der Waals surface area contributed by atoms with Gasteiger partial charge < -0.3 is 14.8 Å². The van der Waals surface area contributed by atoms with Crippen LogP contribution in [0.5, 0.6) is 0 Å². The number of rotatable bonds is 11. The van der Waals surface area contributed by atoms with E-state index in [-0.39, 0.29) is 0 Å². The van der Waals surface area contributed by atoms with Crippen LogP contribution in [0.15, 0.2) is 15.9 Å². The molecule has 1 unspecified atom stereocenters. The lowest BCUT2D eigenvalue weighted by Gasteiger charge is -2.18. The second kappa shape index (κ2) is 10.8. The molecule has 3 nitrogen and oxygen atoms in total. The Morgan fingerprint density at radius 1 is 1.37 bits per heavy atom. The van der Waals surface area contributed by atoms with E-state index in [0.717, 1.165) is 32.4 Å². The number of thiophene rings is 1. The average molecular weight is 350 g/mol. The predicted molar refractivity (Wildman–Crippen MR) is 85.1 cm³/mol. The fourth-order valence-electron chi connectivity index (χ4n) is 1.79. The van der Waals surface area contributed by atoms with Gasteiger partial charge in [-0.15, -0.1) is 11.3 Å². The van der Waals surface area contributed by atoms with Crippen LogP contribution in [-0.2, 0) is 15.9 Å². The van der Waals surface area contributed by atoms with Gasteiger partial charge in [-0.1, -0.05) is 6.92 Å². The minimum atomic E-state index is 0.484. The molecule has 0 saturated heterocycles. The molecule has 0 aromatic carbocycles. The van der Waals surface area contributed by atoms with Crippen molar-refractivity contribution in [2.24, 2.45) is 0 Å². The summed E-state index contributed by atoms with van der Waals surface area (Å²) >= 11 is 5.41. The maximum absolute atomic E-state index is 5.56. The second-order valence-electron chi connectivity index (χ2n) is 4.44. The highest BCUT2D eigenvalue weighted by Gasteiger charge is 2.11. The Kier molecular flexibility index (Phi) is 9.73. The van der Waals surface area contributed by atoms with Gasteiger partial charge in [0.05, 0.1) is 13.2 Å². The van der Waals surface area contributed by atoms with Crippen molar-refractivity contribution >= 4 is 27.3 Å². The molecule has 1 rings (SSSR count). The van der Waals surface area contributed by atoms with Crippen LogP contribution in [0.25, 0.3) is 0 Å². The lowest BCUT2D eigenvalue weighted by atomic mass is 10.1. The Hall–Kier alpha value is 0.0600. The van der Waals surface area contributed by atoms with E-state index in [1.54, 1.807) is 7.11 Å². The molecular weight excluding hydrogens is 326 g/mol. The molecule has 5 heteroatoms. The molecular formula is C14H24BrNO2S. The lowest BCUT2D eigenvalue weighted by Crippen LogP contribution is -2.33. The van der Waals surface area contributed by atoms with Gasteiger partial charge in [0.15, 0.2) is 0 Å². The van der Waals surface area contributed by atoms with Gasteiger partial charge in [0.1, 0.15) is 0 Å². The van der Waals surface area contributed by atoms with E-state index in [4.69, 9.17) is 9.47 Å². The quantitative estimate of drug-likeness (QED) is 0.620. The van der Waals surface area contributed by atoms with Crippen molar-refractivity contribution in [3.05, 3.63) is 20.8 Å². The van der Waals surface area contributed by atoms with E-state index in [2.05, 4.69) is 39.6 Å². The Labute approximate surface area is 128 Å². The molecule has 0 aliphatic carbocycles. The number of methoxy groups -OCH3 is 1. The van der Waals surface area contributed by atoms with Gasteiger partial charge in [-0.25, -0.2) is 0 Å². The number of halogens is 1. The molecule has 19 heavy (non-hydrogen) atoms. The summed E-state index contributed by atoms with van der Waals surface area (Å²) in [6.45, 7) is 5.39. The van der Waals surface area contributed by atoms with E-state index < -0.39 is 0 Å². The highest BCUT2D eigenvalue weighted by molar-refractivity contribution is 9.10. The van der Waals surface area contributed by atoms with Crippen molar-refractivity contribution in [2.75, 3.05) is 33.5 Å². The molecule has 0 aliphatic heterocycles. The first kappa shape index (κ1) is 17.1. The number of ether oxygens (including phenoxy) is 2. The van der Waals surface area contributed by atoms with E-state index >= 15 is 0 Å². The summed E-state index contributed by atoms with van der Waals surface area (Å²) in [6, 6.07) is 2.60. The standard InChI is InChI=1S/C14H24BrNO2S/c1-3-6-16-12(4-7-18-9-8-17-2)11-14-13(15)5-10-19-14/h5,10,12,16H,3-4,6-9,11H2,1-2H3. The number of hydrogen-bond acceptors (Lipinski definition) is 4. The fourth-order valence-corrected chi connectivity index (χ4v) is 3.39. The van der Waals surface area contributed by atoms with Crippen LogP contribution in [0.4, 0.5) is 0 Å². The maximum atomic E-state index is 5.56. The van der Waals surface area contributed by atoms with Crippen molar-refractivity contribution in [3.8, 4) is 0 Å².